The number of hydrogen-bond acceptors (Lipinski definition) is 3. The molecule has 0 spiro atoms. The normalized spacial score (nSPS) is 10.1. The second kappa shape index (κ2) is 6.38. The van der Waals surface area contributed by atoms with Crippen LogP contribution in [0.4, 0.5) is 5.69 Å². The van der Waals surface area contributed by atoms with Crippen LogP contribution in [-0.2, 0) is 9.53 Å². The molecule has 0 aliphatic rings. The highest BCUT2D eigenvalue weighted by Gasteiger charge is 2.08. The van der Waals surface area contributed by atoms with Gasteiger partial charge in [-0.05, 0) is 32.0 Å². The van der Waals surface area contributed by atoms with Crippen molar-refractivity contribution in [2.24, 2.45) is 0 Å². The smallest absolute Gasteiger partial charge is 0.250 e. The molecule has 0 aromatic heterocycles. The molecule has 0 saturated heterocycles. The van der Waals surface area contributed by atoms with Gasteiger partial charge in [-0.2, -0.15) is 5.26 Å². The van der Waals surface area contributed by atoms with Crippen molar-refractivity contribution in [3.63, 3.8) is 0 Å². The fourth-order valence-corrected chi connectivity index (χ4v) is 1.51. The predicted molar refractivity (Wildman–Crippen MR) is 68.6 cm³/mol. The number of rotatable bonds is 4. The van der Waals surface area contributed by atoms with E-state index in [1.807, 2.05) is 19.9 Å². The number of nitrogens with one attached hydrogen (secondary N) is 1. The summed E-state index contributed by atoms with van der Waals surface area (Å²) in [5.74, 6) is -0.266. The molecule has 1 aromatic carbocycles. The highest BCUT2D eigenvalue weighted by atomic mass is 79.9. The summed E-state index contributed by atoms with van der Waals surface area (Å²) in [7, 11) is 0. The second-order valence-electron chi connectivity index (χ2n) is 3.71. The molecule has 1 amide bonds. The first-order valence-corrected chi connectivity index (χ1v) is 5.93. The van der Waals surface area contributed by atoms with Gasteiger partial charge in [0.05, 0.1) is 17.4 Å². The van der Waals surface area contributed by atoms with Crippen molar-refractivity contribution in [1.29, 1.82) is 5.26 Å². The topological polar surface area (TPSA) is 62.1 Å². The molecule has 0 atom stereocenters. The molecule has 1 rings (SSSR count). The number of amides is 1. The highest BCUT2D eigenvalue weighted by Crippen LogP contribution is 2.20. The summed E-state index contributed by atoms with van der Waals surface area (Å²) in [6.45, 7) is 3.69. The molecule has 0 bridgehead atoms. The van der Waals surface area contributed by atoms with Crippen molar-refractivity contribution in [3.05, 3.63) is 28.2 Å². The third kappa shape index (κ3) is 4.55. The summed E-state index contributed by atoms with van der Waals surface area (Å²) in [4.78, 5) is 11.5. The Morgan fingerprint density at radius 2 is 2.29 bits per heavy atom. The van der Waals surface area contributed by atoms with Crippen molar-refractivity contribution >= 4 is 27.5 Å². The van der Waals surface area contributed by atoms with Crippen LogP contribution < -0.4 is 5.32 Å². The number of benzene rings is 1. The van der Waals surface area contributed by atoms with Crippen molar-refractivity contribution < 1.29 is 9.53 Å². The number of nitriles is 1. The average molecular weight is 297 g/mol. The number of carbonyl (C=O) groups excluding carboxylic acids is 1. The highest BCUT2D eigenvalue weighted by molar-refractivity contribution is 9.10. The van der Waals surface area contributed by atoms with Gasteiger partial charge in [0.25, 0.3) is 0 Å². The molecule has 0 radical (unpaired) electrons. The first kappa shape index (κ1) is 13.7. The van der Waals surface area contributed by atoms with Crippen LogP contribution in [0.15, 0.2) is 22.7 Å². The minimum Gasteiger partial charge on any atom is -0.369 e. The Labute approximate surface area is 109 Å². The maximum Gasteiger partial charge on any atom is 0.250 e. The molecular formula is C12H13BrN2O2. The third-order valence-corrected chi connectivity index (χ3v) is 2.42. The standard InChI is InChI=1S/C12H13BrN2O2/c1-8(2)17-7-12(16)15-11-4-3-10(13)5-9(11)6-14/h3-5,8H,7H2,1-2H3,(H,15,16). The van der Waals surface area contributed by atoms with E-state index in [1.165, 1.54) is 0 Å². The minimum atomic E-state index is -0.266. The molecule has 1 aromatic rings. The molecule has 0 aliphatic heterocycles. The summed E-state index contributed by atoms with van der Waals surface area (Å²) in [6.07, 6.45) is 0.00102. The fourth-order valence-electron chi connectivity index (χ4n) is 1.15. The predicted octanol–water partition coefficient (Wildman–Crippen LogP) is 2.68. The lowest BCUT2D eigenvalue weighted by Crippen LogP contribution is -2.21. The van der Waals surface area contributed by atoms with E-state index in [9.17, 15) is 4.79 Å². The summed E-state index contributed by atoms with van der Waals surface area (Å²) in [5, 5.41) is 11.6. The quantitative estimate of drug-likeness (QED) is 0.929. The SMILES string of the molecule is CC(C)OCC(=O)Nc1ccc(Br)cc1C#N. The molecule has 17 heavy (non-hydrogen) atoms. The molecule has 0 aliphatic carbocycles. The maximum absolute atomic E-state index is 11.5. The van der Waals surface area contributed by atoms with Gasteiger partial charge in [0.2, 0.25) is 5.91 Å². The Morgan fingerprint density at radius 1 is 1.59 bits per heavy atom. The van der Waals surface area contributed by atoms with Gasteiger partial charge in [-0.25, -0.2) is 0 Å². The van der Waals surface area contributed by atoms with Crippen LogP contribution in [0, 0.1) is 11.3 Å². The molecule has 0 unspecified atom stereocenters. The van der Waals surface area contributed by atoms with Gasteiger partial charge in [0, 0.05) is 4.47 Å². The van der Waals surface area contributed by atoms with E-state index in [-0.39, 0.29) is 18.6 Å². The van der Waals surface area contributed by atoms with Crippen LogP contribution in [-0.4, -0.2) is 18.6 Å². The van der Waals surface area contributed by atoms with Gasteiger partial charge in [-0.3, -0.25) is 4.79 Å². The Bertz CT molecular complexity index is 452. The zero-order valence-electron chi connectivity index (χ0n) is 9.66. The molecule has 0 fully saturated rings. The zero-order valence-corrected chi connectivity index (χ0v) is 11.2. The minimum absolute atomic E-state index is 0.00102. The van der Waals surface area contributed by atoms with Gasteiger partial charge < -0.3 is 10.1 Å². The van der Waals surface area contributed by atoms with Crippen LogP contribution in [0.1, 0.15) is 19.4 Å². The third-order valence-electron chi connectivity index (χ3n) is 1.92. The van der Waals surface area contributed by atoms with Gasteiger partial charge in [0.15, 0.2) is 0 Å². The van der Waals surface area contributed by atoms with E-state index in [0.717, 1.165) is 4.47 Å². The van der Waals surface area contributed by atoms with E-state index in [1.54, 1.807) is 18.2 Å². The van der Waals surface area contributed by atoms with Crippen molar-refractivity contribution in [3.8, 4) is 6.07 Å². The molecule has 90 valence electrons. The van der Waals surface area contributed by atoms with Crippen LogP contribution in [0.3, 0.4) is 0 Å². The average Bonchev–Trinajstić information content (AvgIpc) is 2.28. The summed E-state index contributed by atoms with van der Waals surface area (Å²) >= 11 is 3.26. The molecule has 0 heterocycles. The van der Waals surface area contributed by atoms with Gasteiger partial charge in [-0.1, -0.05) is 15.9 Å². The lowest BCUT2D eigenvalue weighted by Gasteiger charge is -2.09. The Morgan fingerprint density at radius 3 is 2.88 bits per heavy atom. The van der Waals surface area contributed by atoms with Crippen molar-refractivity contribution in [1.82, 2.24) is 0 Å². The first-order valence-electron chi connectivity index (χ1n) is 5.14. The monoisotopic (exact) mass is 296 g/mol. The van der Waals surface area contributed by atoms with E-state index >= 15 is 0 Å². The van der Waals surface area contributed by atoms with E-state index in [2.05, 4.69) is 21.2 Å². The molecule has 5 heteroatoms. The number of anilines is 1. The molecular weight excluding hydrogens is 284 g/mol. The van der Waals surface area contributed by atoms with Crippen LogP contribution >= 0.6 is 15.9 Å². The van der Waals surface area contributed by atoms with Gasteiger partial charge in [-0.15, -0.1) is 0 Å². The lowest BCUT2D eigenvalue weighted by atomic mass is 10.2. The molecule has 0 saturated carbocycles. The fraction of sp³-hybridized carbons (Fsp3) is 0.333. The van der Waals surface area contributed by atoms with E-state index in [0.29, 0.717) is 11.3 Å². The van der Waals surface area contributed by atoms with Crippen LogP contribution in [0.2, 0.25) is 0 Å². The Hall–Kier alpha value is -1.38. The second-order valence-corrected chi connectivity index (χ2v) is 4.63. The Kier molecular flexibility index (Phi) is 5.13. The lowest BCUT2D eigenvalue weighted by molar-refractivity contribution is -0.121. The van der Waals surface area contributed by atoms with Gasteiger partial charge in [0.1, 0.15) is 12.7 Å². The maximum atomic E-state index is 11.5. The zero-order chi connectivity index (χ0) is 12.8. The largest absolute Gasteiger partial charge is 0.369 e. The van der Waals surface area contributed by atoms with Crippen molar-refractivity contribution in [2.75, 3.05) is 11.9 Å². The van der Waals surface area contributed by atoms with Crippen LogP contribution in [0.25, 0.3) is 0 Å². The number of carbonyl (C=O) groups is 1. The molecule has 1 N–H and O–H groups in total. The number of halogens is 1. The number of nitrogens with zero attached hydrogens (tertiary/aromatic N) is 1. The Balaban J connectivity index is 2.69. The van der Waals surface area contributed by atoms with E-state index in [4.69, 9.17) is 10.00 Å². The van der Waals surface area contributed by atoms with Crippen molar-refractivity contribution in [2.45, 2.75) is 20.0 Å². The number of ether oxygens (including phenoxy) is 1. The van der Waals surface area contributed by atoms with Crippen LogP contribution in [0.5, 0.6) is 0 Å². The number of hydrogen-bond donors (Lipinski definition) is 1. The molecule has 4 nitrogen and oxygen atoms in total. The summed E-state index contributed by atoms with van der Waals surface area (Å²) < 4.78 is 5.97. The van der Waals surface area contributed by atoms with Gasteiger partial charge >= 0.3 is 0 Å². The summed E-state index contributed by atoms with van der Waals surface area (Å²) in [5.41, 5.74) is 0.908. The van der Waals surface area contributed by atoms with E-state index < -0.39 is 0 Å². The first-order chi connectivity index (χ1) is 8.02. The summed E-state index contributed by atoms with van der Waals surface area (Å²) in [6, 6.07) is 7.11.